The van der Waals surface area contributed by atoms with Crippen molar-refractivity contribution in [1.29, 1.82) is 0 Å². The van der Waals surface area contributed by atoms with Crippen molar-refractivity contribution in [2.24, 2.45) is 5.10 Å². The van der Waals surface area contributed by atoms with Gasteiger partial charge in [0, 0.05) is 24.2 Å². The van der Waals surface area contributed by atoms with Crippen LogP contribution in [-0.4, -0.2) is 51.7 Å². The van der Waals surface area contributed by atoms with Crippen LogP contribution in [0.5, 0.6) is 11.5 Å². The second kappa shape index (κ2) is 9.93. The van der Waals surface area contributed by atoms with Gasteiger partial charge in [0.2, 0.25) is 10.0 Å². The van der Waals surface area contributed by atoms with Crippen molar-refractivity contribution in [3.8, 4) is 11.5 Å². The van der Waals surface area contributed by atoms with Gasteiger partial charge >= 0.3 is 0 Å². The summed E-state index contributed by atoms with van der Waals surface area (Å²) in [6.07, 6.45) is 2.74. The van der Waals surface area contributed by atoms with Gasteiger partial charge in [-0.25, -0.2) is 13.8 Å². The van der Waals surface area contributed by atoms with Crippen molar-refractivity contribution in [3.63, 3.8) is 0 Å². The lowest BCUT2D eigenvalue weighted by atomic mass is 10.1. The zero-order valence-electron chi connectivity index (χ0n) is 17.9. The first-order chi connectivity index (χ1) is 14.9. The number of hydrogen-bond donors (Lipinski definition) is 1. The Morgan fingerprint density at radius 3 is 2.35 bits per heavy atom. The monoisotopic (exact) mass is 445 g/mol. The molecule has 2 aromatic carbocycles. The maximum Gasteiger partial charge on any atom is 0.271 e. The number of carbonyl (C=O) groups is 1. The molecular weight excluding hydrogens is 418 g/mol. The molecule has 1 aliphatic rings. The summed E-state index contributed by atoms with van der Waals surface area (Å²) in [6, 6.07) is 11.3. The minimum absolute atomic E-state index is 0.114. The number of nitrogens with one attached hydrogen (secondary N) is 1. The van der Waals surface area contributed by atoms with E-state index < -0.39 is 15.9 Å². The molecule has 2 aromatic rings. The summed E-state index contributed by atoms with van der Waals surface area (Å²) in [7, 11) is -0.519. The van der Waals surface area contributed by atoms with Crippen molar-refractivity contribution in [3.05, 3.63) is 53.6 Å². The molecule has 31 heavy (non-hydrogen) atoms. The number of benzene rings is 2. The third kappa shape index (κ3) is 5.23. The lowest BCUT2D eigenvalue weighted by Crippen LogP contribution is -2.35. The van der Waals surface area contributed by atoms with Crippen LogP contribution in [0.2, 0.25) is 0 Å². The summed E-state index contributed by atoms with van der Waals surface area (Å²) < 4.78 is 37.7. The largest absolute Gasteiger partial charge is 0.493 e. The van der Waals surface area contributed by atoms with Gasteiger partial charge in [-0.15, -0.1) is 0 Å². The zero-order chi connectivity index (χ0) is 22.4. The van der Waals surface area contributed by atoms with Crippen molar-refractivity contribution in [2.45, 2.75) is 31.1 Å². The van der Waals surface area contributed by atoms with Crippen LogP contribution < -0.4 is 14.9 Å². The van der Waals surface area contributed by atoms with E-state index in [1.807, 2.05) is 0 Å². The number of carbonyl (C=O) groups excluding carboxylic acids is 1. The topological polar surface area (TPSA) is 97.3 Å². The number of sulfonamides is 1. The second-order valence-corrected chi connectivity index (χ2v) is 9.14. The van der Waals surface area contributed by atoms with Gasteiger partial charge in [0.05, 0.1) is 24.8 Å². The molecule has 1 saturated heterocycles. The minimum atomic E-state index is -3.61. The van der Waals surface area contributed by atoms with Crippen molar-refractivity contribution < 1.29 is 22.7 Å². The molecule has 1 amide bonds. The Kier molecular flexibility index (Phi) is 7.29. The maximum atomic E-state index is 12.9. The van der Waals surface area contributed by atoms with Gasteiger partial charge < -0.3 is 9.47 Å². The van der Waals surface area contributed by atoms with Crippen LogP contribution >= 0.6 is 0 Å². The quantitative estimate of drug-likeness (QED) is 0.522. The van der Waals surface area contributed by atoms with E-state index in [2.05, 4.69) is 10.5 Å². The summed E-state index contributed by atoms with van der Waals surface area (Å²) >= 11 is 0. The van der Waals surface area contributed by atoms with Crippen molar-refractivity contribution in [2.75, 3.05) is 27.3 Å². The van der Waals surface area contributed by atoms with Gasteiger partial charge in [0.25, 0.3) is 5.91 Å². The highest BCUT2D eigenvalue weighted by Crippen LogP contribution is 2.27. The molecule has 0 atom stereocenters. The SMILES string of the molecule is COc1ccc(/C(C)=N/NC(=O)c2cccc(S(=O)(=O)N3CCCCC3)c2)cc1OC. The first-order valence-electron chi connectivity index (χ1n) is 10.0. The summed E-state index contributed by atoms with van der Waals surface area (Å²) in [4.78, 5) is 12.7. The molecule has 1 heterocycles. The molecule has 0 saturated carbocycles. The molecular formula is C22H27N3O5S. The number of nitrogens with zero attached hydrogens (tertiary/aromatic N) is 2. The highest BCUT2D eigenvalue weighted by atomic mass is 32.2. The van der Waals surface area contributed by atoms with Gasteiger partial charge in [0.15, 0.2) is 11.5 Å². The van der Waals surface area contributed by atoms with E-state index in [0.717, 1.165) is 24.8 Å². The van der Waals surface area contributed by atoms with E-state index in [4.69, 9.17) is 9.47 Å². The minimum Gasteiger partial charge on any atom is -0.493 e. The molecule has 0 bridgehead atoms. The molecule has 3 rings (SSSR count). The fraction of sp³-hybridized carbons (Fsp3) is 0.364. The van der Waals surface area contributed by atoms with E-state index in [0.29, 0.717) is 30.3 Å². The molecule has 0 aromatic heterocycles. The molecule has 0 aliphatic carbocycles. The zero-order valence-corrected chi connectivity index (χ0v) is 18.7. The molecule has 0 spiro atoms. The van der Waals surface area contributed by atoms with E-state index >= 15 is 0 Å². The molecule has 9 heteroatoms. The number of methoxy groups -OCH3 is 2. The van der Waals surface area contributed by atoms with E-state index in [9.17, 15) is 13.2 Å². The normalized spacial score (nSPS) is 15.4. The molecule has 0 radical (unpaired) electrons. The standard InChI is InChI=1S/C22H27N3O5S/c1-16(17-10-11-20(29-2)21(15-17)30-3)23-24-22(26)18-8-7-9-19(14-18)31(27,28)25-12-5-4-6-13-25/h7-11,14-15H,4-6,12-13H2,1-3H3,(H,24,26)/b23-16+. The van der Waals surface area contributed by atoms with Crippen LogP contribution in [0.4, 0.5) is 0 Å². The maximum absolute atomic E-state index is 12.9. The molecule has 1 aliphatic heterocycles. The predicted molar refractivity (Wildman–Crippen MR) is 118 cm³/mol. The number of amides is 1. The highest BCUT2D eigenvalue weighted by molar-refractivity contribution is 7.89. The first kappa shape index (κ1) is 22.8. The number of hydrazone groups is 1. The number of rotatable bonds is 7. The van der Waals surface area contributed by atoms with Crippen molar-refractivity contribution in [1.82, 2.24) is 9.73 Å². The third-order valence-corrected chi connectivity index (χ3v) is 7.07. The van der Waals surface area contributed by atoms with E-state index in [1.54, 1.807) is 51.5 Å². The number of ether oxygens (including phenoxy) is 2. The summed E-state index contributed by atoms with van der Waals surface area (Å²) in [5, 5.41) is 4.14. The Hall–Kier alpha value is -2.91. The Morgan fingerprint density at radius 2 is 1.68 bits per heavy atom. The molecule has 166 valence electrons. The fourth-order valence-electron chi connectivity index (χ4n) is 3.38. The summed E-state index contributed by atoms with van der Waals surface area (Å²) in [5.41, 5.74) is 4.02. The number of hydrogen-bond acceptors (Lipinski definition) is 6. The highest BCUT2D eigenvalue weighted by Gasteiger charge is 2.26. The van der Waals surface area contributed by atoms with Crippen LogP contribution in [0.25, 0.3) is 0 Å². The Morgan fingerprint density at radius 1 is 0.968 bits per heavy atom. The predicted octanol–water partition coefficient (Wildman–Crippen LogP) is 3.03. The lowest BCUT2D eigenvalue weighted by molar-refractivity contribution is 0.0954. The molecule has 1 fully saturated rings. The third-order valence-electron chi connectivity index (χ3n) is 5.18. The van der Waals surface area contributed by atoms with E-state index in [-0.39, 0.29) is 10.5 Å². The van der Waals surface area contributed by atoms with Crippen LogP contribution in [-0.2, 0) is 10.0 Å². The first-order valence-corrected chi connectivity index (χ1v) is 11.5. The summed E-state index contributed by atoms with van der Waals surface area (Å²) in [6.45, 7) is 2.76. The van der Waals surface area contributed by atoms with Crippen molar-refractivity contribution >= 4 is 21.6 Å². The Labute approximate surface area is 182 Å². The summed E-state index contributed by atoms with van der Waals surface area (Å²) in [5.74, 6) is 0.654. The molecule has 1 N–H and O–H groups in total. The smallest absolute Gasteiger partial charge is 0.271 e. The van der Waals surface area contributed by atoms with Gasteiger partial charge in [-0.05, 0) is 56.2 Å². The van der Waals surface area contributed by atoms with Crippen LogP contribution in [0.3, 0.4) is 0 Å². The molecule has 8 nitrogen and oxygen atoms in total. The Bertz CT molecular complexity index is 1080. The average molecular weight is 446 g/mol. The van der Waals surface area contributed by atoms with Crippen LogP contribution in [0.15, 0.2) is 52.5 Å². The van der Waals surface area contributed by atoms with Gasteiger partial charge in [-0.2, -0.15) is 9.41 Å². The fourth-order valence-corrected chi connectivity index (χ4v) is 4.94. The van der Waals surface area contributed by atoms with E-state index in [1.165, 1.54) is 16.4 Å². The van der Waals surface area contributed by atoms with Crippen LogP contribution in [0, 0.1) is 0 Å². The van der Waals surface area contributed by atoms with Gasteiger partial charge in [-0.1, -0.05) is 12.5 Å². The van der Waals surface area contributed by atoms with Gasteiger partial charge in [0.1, 0.15) is 0 Å². The molecule has 0 unspecified atom stereocenters. The lowest BCUT2D eigenvalue weighted by Gasteiger charge is -2.25. The van der Waals surface area contributed by atoms with Crippen LogP contribution in [0.1, 0.15) is 42.1 Å². The Balaban J connectivity index is 1.76. The number of piperidine rings is 1. The average Bonchev–Trinajstić information content (AvgIpc) is 2.82. The van der Waals surface area contributed by atoms with Gasteiger partial charge in [-0.3, -0.25) is 4.79 Å². The second-order valence-electron chi connectivity index (χ2n) is 7.20.